The van der Waals surface area contributed by atoms with Crippen molar-refractivity contribution in [3.8, 4) is 0 Å². The summed E-state index contributed by atoms with van der Waals surface area (Å²) in [5.74, 6) is 1.31. The van der Waals surface area contributed by atoms with Gasteiger partial charge >= 0.3 is 0 Å². The molecular weight excluding hydrogens is 244 g/mol. The van der Waals surface area contributed by atoms with E-state index in [0.29, 0.717) is 19.1 Å². The molecule has 1 aromatic heterocycles. The van der Waals surface area contributed by atoms with E-state index < -0.39 is 0 Å². The van der Waals surface area contributed by atoms with Crippen molar-refractivity contribution in [3.05, 3.63) is 17.5 Å². The molecule has 0 spiro atoms. The molecular formula is C14H24N2O3. The Bertz CT molecular complexity index is 378. The van der Waals surface area contributed by atoms with Crippen molar-refractivity contribution in [1.29, 1.82) is 0 Å². The van der Waals surface area contributed by atoms with Crippen LogP contribution in [0.25, 0.3) is 0 Å². The minimum absolute atomic E-state index is 0.0814. The molecule has 1 unspecified atom stereocenters. The lowest BCUT2D eigenvalue weighted by Crippen LogP contribution is -2.35. The van der Waals surface area contributed by atoms with Gasteiger partial charge in [-0.1, -0.05) is 5.16 Å². The molecule has 0 aromatic carbocycles. The van der Waals surface area contributed by atoms with E-state index in [1.807, 2.05) is 6.07 Å². The third kappa shape index (κ3) is 5.30. The summed E-state index contributed by atoms with van der Waals surface area (Å²) in [7, 11) is 0. The molecule has 0 aliphatic carbocycles. The lowest BCUT2D eigenvalue weighted by molar-refractivity contribution is 0.0659. The van der Waals surface area contributed by atoms with E-state index in [-0.39, 0.29) is 5.54 Å². The van der Waals surface area contributed by atoms with Crippen molar-refractivity contribution in [2.75, 3.05) is 19.8 Å². The van der Waals surface area contributed by atoms with Crippen LogP contribution < -0.4 is 5.32 Å². The van der Waals surface area contributed by atoms with Gasteiger partial charge in [0.1, 0.15) is 6.61 Å². The molecule has 2 rings (SSSR count). The summed E-state index contributed by atoms with van der Waals surface area (Å²) in [5.41, 5.74) is 0.996. The normalized spacial score (nSPS) is 20.1. The molecule has 1 saturated heterocycles. The summed E-state index contributed by atoms with van der Waals surface area (Å²) in [6.45, 7) is 9.98. The summed E-state index contributed by atoms with van der Waals surface area (Å²) in [6.07, 6.45) is 1.09. The Labute approximate surface area is 114 Å². The number of nitrogens with one attached hydrogen (secondary N) is 1. The molecule has 5 heteroatoms. The monoisotopic (exact) mass is 268 g/mol. The molecule has 108 valence electrons. The SMILES string of the molecule is CC(C)(C)NCc1cc(COCC2CCOC2)on1. The number of ether oxygens (including phenoxy) is 2. The van der Waals surface area contributed by atoms with Gasteiger partial charge in [0.15, 0.2) is 5.76 Å². The highest BCUT2D eigenvalue weighted by Gasteiger charge is 2.16. The zero-order valence-electron chi connectivity index (χ0n) is 12.1. The predicted octanol–water partition coefficient (Wildman–Crippen LogP) is 2.12. The lowest BCUT2D eigenvalue weighted by atomic mass is 10.1. The van der Waals surface area contributed by atoms with Crippen LogP contribution in [0.2, 0.25) is 0 Å². The van der Waals surface area contributed by atoms with Crippen LogP contribution in [0.15, 0.2) is 10.6 Å². The van der Waals surface area contributed by atoms with Gasteiger partial charge in [0.2, 0.25) is 0 Å². The van der Waals surface area contributed by atoms with E-state index in [2.05, 4.69) is 31.2 Å². The van der Waals surface area contributed by atoms with Crippen molar-refractivity contribution in [3.63, 3.8) is 0 Å². The Morgan fingerprint density at radius 1 is 1.47 bits per heavy atom. The van der Waals surface area contributed by atoms with Crippen LogP contribution in [-0.4, -0.2) is 30.5 Å². The lowest BCUT2D eigenvalue weighted by Gasteiger charge is -2.19. The van der Waals surface area contributed by atoms with E-state index >= 15 is 0 Å². The molecule has 0 amide bonds. The first-order valence-corrected chi connectivity index (χ1v) is 6.88. The third-order valence-corrected chi connectivity index (χ3v) is 3.03. The number of hydrogen-bond donors (Lipinski definition) is 1. The van der Waals surface area contributed by atoms with Crippen molar-refractivity contribution in [2.24, 2.45) is 5.92 Å². The number of aromatic nitrogens is 1. The molecule has 0 radical (unpaired) electrons. The highest BCUT2D eigenvalue weighted by atomic mass is 16.5. The molecule has 5 nitrogen and oxygen atoms in total. The number of hydrogen-bond acceptors (Lipinski definition) is 5. The van der Waals surface area contributed by atoms with Crippen molar-refractivity contribution in [1.82, 2.24) is 10.5 Å². The second kappa shape index (κ2) is 6.50. The van der Waals surface area contributed by atoms with Crippen LogP contribution in [0.5, 0.6) is 0 Å². The minimum atomic E-state index is 0.0814. The van der Waals surface area contributed by atoms with Crippen molar-refractivity contribution >= 4 is 0 Å². The van der Waals surface area contributed by atoms with E-state index in [1.54, 1.807) is 0 Å². The van der Waals surface area contributed by atoms with Crippen LogP contribution in [0.4, 0.5) is 0 Å². The van der Waals surface area contributed by atoms with Gasteiger partial charge in [-0.15, -0.1) is 0 Å². The first kappa shape index (κ1) is 14.5. The van der Waals surface area contributed by atoms with Gasteiger partial charge in [-0.05, 0) is 27.2 Å². The second-order valence-corrected chi connectivity index (χ2v) is 6.13. The van der Waals surface area contributed by atoms with Gasteiger partial charge in [-0.25, -0.2) is 0 Å². The zero-order chi connectivity index (χ0) is 13.7. The maximum Gasteiger partial charge on any atom is 0.162 e. The summed E-state index contributed by atoms with van der Waals surface area (Å²) >= 11 is 0. The molecule has 1 atom stereocenters. The zero-order valence-corrected chi connectivity index (χ0v) is 12.1. The molecule has 1 aliphatic heterocycles. The Morgan fingerprint density at radius 3 is 3.00 bits per heavy atom. The molecule has 0 saturated carbocycles. The molecule has 0 bridgehead atoms. The predicted molar refractivity (Wildman–Crippen MR) is 71.7 cm³/mol. The maximum absolute atomic E-state index is 5.63. The van der Waals surface area contributed by atoms with E-state index in [9.17, 15) is 0 Å². The average Bonchev–Trinajstić information content (AvgIpc) is 2.97. The average molecular weight is 268 g/mol. The fourth-order valence-corrected chi connectivity index (χ4v) is 1.90. The largest absolute Gasteiger partial charge is 0.381 e. The van der Waals surface area contributed by atoms with Crippen molar-refractivity contribution < 1.29 is 14.0 Å². The van der Waals surface area contributed by atoms with Gasteiger partial charge in [-0.3, -0.25) is 0 Å². The van der Waals surface area contributed by atoms with Gasteiger partial charge in [-0.2, -0.15) is 0 Å². The summed E-state index contributed by atoms with van der Waals surface area (Å²) in [6, 6.07) is 1.95. The van der Waals surface area contributed by atoms with Crippen LogP contribution in [0.3, 0.4) is 0 Å². The first-order chi connectivity index (χ1) is 9.03. The molecule has 1 aliphatic rings. The highest BCUT2D eigenvalue weighted by molar-refractivity contribution is 5.04. The Kier molecular flexibility index (Phi) is 4.96. The van der Waals surface area contributed by atoms with Gasteiger partial charge in [0.25, 0.3) is 0 Å². The molecule has 1 aromatic rings. The Morgan fingerprint density at radius 2 is 2.32 bits per heavy atom. The smallest absolute Gasteiger partial charge is 0.162 e. The van der Waals surface area contributed by atoms with Crippen molar-refractivity contribution in [2.45, 2.75) is 45.9 Å². The van der Waals surface area contributed by atoms with E-state index in [0.717, 1.165) is 37.7 Å². The van der Waals surface area contributed by atoms with Gasteiger partial charge in [0.05, 0.1) is 18.9 Å². The number of rotatable bonds is 6. The topological polar surface area (TPSA) is 56.5 Å². The molecule has 2 heterocycles. The summed E-state index contributed by atoms with van der Waals surface area (Å²) in [4.78, 5) is 0. The van der Waals surface area contributed by atoms with E-state index in [4.69, 9.17) is 14.0 Å². The fraction of sp³-hybridized carbons (Fsp3) is 0.786. The maximum atomic E-state index is 5.63. The number of nitrogens with zero attached hydrogens (tertiary/aromatic N) is 1. The quantitative estimate of drug-likeness (QED) is 0.856. The van der Waals surface area contributed by atoms with Gasteiger partial charge in [0, 0.05) is 30.7 Å². The van der Waals surface area contributed by atoms with Crippen LogP contribution in [0, 0.1) is 5.92 Å². The molecule has 1 N–H and O–H groups in total. The standard InChI is InChI=1S/C14H24N2O3/c1-14(2,3)15-7-12-6-13(19-16-12)10-18-9-11-4-5-17-8-11/h6,11,15H,4-5,7-10H2,1-3H3. The van der Waals surface area contributed by atoms with E-state index in [1.165, 1.54) is 0 Å². The second-order valence-electron chi connectivity index (χ2n) is 6.13. The Hall–Kier alpha value is -0.910. The van der Waals surface area contributed by atoms with Crippen LogP contribution in [0.1, 0.15) is 38.6 Å². The fourth-order valence-electron chi connectivity index (χ4n) is 1.90. The highest BCUT2D eigenvalue weighted by Crippen LogP contribution is 2.14. The Balaban J connectivity index is 1.68. The van der Waals surface area contributed by atoms with Crippen LogP contribution >= 0.6 is 0 Å². The summed E-state index contributed by atoms with van der Waals surface area (Å²) < 4.78 is 16.2. The molecule has 19 heavy (non-hydrogen) atoms. The third-order valence-electron chi connectivity index (χ3n) is 3.03. The first-order valence-electron chi connectivity index (χ1n) is 6.88. The summed E-state index contributed by atoms with van der Waals surface area (Å²) in [5, 5.41) is 7.40. The minimum Gasteiger partial charge on any atom is -0.381 e. The van der Waals surface area contributed by atoms with Gasteiger partial charge < -0.3 is 19.3 Å². The van der Waals surface area contributed by atoms with Crippen LogP contribution in [-0.2, 0) is 22.6 Å². The molecule has 1 fully saturated rings.